The van der Waals surface area contributed by atoms with E-state index in [9.17, 15) is 4.79 Å². The molecule has 1 unspecified atom stereocenters. The fourth-order valence-corrected chi connectivity index (χ4v) is 3.65. The van der Waals surface area contributed by atoms with E-state index in [4.69, 9.17) is 10.5 Å². The molecule has 0 spiro atoms. The standard InChI is InChI=1S/C22H27N5O2/c1-27-12-8-16(9-13-27)26-22(28)19(23)14-15-2-4-17(5-3-15)29-20-7-11-25-21-18(20)6-10-24-21/h2-7,10-11,16,19H,8-9,12-14,23H2,1H3,(H,24,25)(H,26,28). The van der Waals surface area contributed by atoms with Crippen molar-refractivity contribution in [2.24, 2.45) is 5.73 Å². The van der Waals surface area contributed by atoms with Gasteiger partial charge in [-0.25, -0.2) is 4.98 Å². The maximum absolute atomic E-state index is 12.4. The molecule has 0 bridgehead atoms. The van der Waals surface area contributed by atoms with Crippen molar-refractivity contribution < 1.29 is 9.53 Å². The van der Waals surface area contributed by atoms with Crippen LogP contribution in [0.15, 0.2) is 48.8 Å². The van der Waals surface area contributed by atoms with Gasteiger partial charge in [-0.3, -0.25) is 4.79 Å². The van der Waals surface area contributed by atoms with Crippen LogP contribution in [0.4, 0.5) is 0 Å². The highest BCUT2D eigenvalue weighted by atomic mass is 16.5. The Morgan fingerprint density at radius 2 is 2.03 bits per heavy atom. The minimum absolute atomic E-state index is 0.0773. The van der Waals surface area contributed by atoms with Crippen molar-refractivity contribution in [3.8, 4) is 11.5 Å². The van der Waals surface area contributed by atoms with Crippen LogP contribution in [0.1, 0.15) is 18.4 Å². The molecular weight excluding hydrogens is 366 g/mol. The minimum Gasteiger partial charge on any atom is -0.457 e. The number of piperidine rings is 1. The van der Waals surface area contributed by atoms with Gasteiger partial charge in [-0.1, -0.05) is 12.1 Å². The van der Waals surface area contributed by atoms with E-state index in [2.05, 4.69) is 27.2 Å². The first-order valence-corrected chi connectivity index (χ1v) is 10.0. The molecule has 7 nitrogen and oxygen atoms in total. The number of likely N-dealkylation sites (tertiary alicyclic amines) is 1. The summed E-state index contributed by atoms with van der Waals surface area (Å²) < 4.78 is 5.99. The average Bonchev–Trinajstić information content (AvgIpc) is 3.21. The molecule has 29 heavy (non-hydrogen) atoms. The van der Waals surface area contributed by atoms with Crippen molar-refractivity contribution in [2.45, 2.75) is 31.3 Å². The monoisotopic (exact) mass is 393 g/mol. The molecule has 152 valence electrons. The number of amides is 1. The van der Waals surface area contributed by atoms with Gasteiger partial charge < -0.3 is 25.7 Å². The molecule has 0 saturated carbocycles. The topological polar surface area (TPSA) is 96.3 Å². The van der Waals surface area contributed by atoms with Gasteiger partial charge in [-0.05, 0) is 69.2 Å². The van der Waals surface area contributed by atoms with Gasteiger partial charge in [0.05, 0.1) is 11.4 Å². The molecule has 1 saturated heterocycles. The number of benzene rings is 1. The first-order chi connectivity index (χ1) is 14.1. The molecule has 0 aliphatic carbocycles. The Kier molecular flexibility index (Phi) is 5.78. The Labute approximate surface area is 170 Å². The summed E-state index contributed by atoms with van der Waals surface area (Å²) in [4.78, 5) is 22.0. The lowest BCUT2D eigenvalue weighted by Crippen LogP contribution is -2.49. The fourth-order valence-electron chi connectivity index (χ4n) is 3.65. The van der Waals surface area contributed by atoms with Gasteiger partial charge in [0.1, 0.15) is 17.1 Å². The molecule has 4 N–H and O–H groups in total. The van der Waals surface area contributed by atoms with Gasteiger partial charge >= 0.3 is 0 Å². The van der Waals surface area contributed by atoms with Crippen LogP contribution in [-0.2, 0) is 11.2 Å². The van der Waals surface area contributed by atoms with Crippen LogP contribution in [0.5, 0.6) is 11.5 Å². The molecule has 1 fully saturated rings. The normalized spacial score (nSPS) is 16.6. The smallest absolute Gasteiger partial charge is 0.237 e. The van der Waals surface area contributed by atoms with Crippen molar-refractivity contribution in [3.05, 3.63) is 54.4 Å². The molecule has 1 aliphatic heterocycles. The number of hydrogen-bond acceptors (Lipinski definition) is 5. The molecule has 7 heteroatoms. The molecule has 0 radical (unpaired) electrons. The second-order valence-electron chi connectivity index (χ2n) is 7.69. The number of ether oxygens (including phenoxy) is 1. The highest BCUT2D eigenvalue weighted by molar-refractivity contribution is 5.83. The Morgan fingerprint density at radius 3 is 2.79 bits per heavy atom. The van der Waals surface area contributed by atoms with Crippen molar-refractivity contribution in [2.75, 3.05) is 20.1 Å². The minimum atomic E-state index is -0.555. The zero-order valence-corrected chi connectivity index (χ0v) is 16.6. The van der Waals surface area contributed by atoms with Gasteiger partial charge in [-0.2, -0.15) is 0 Å². The van der Waals surface area contributed by atoms with Crippen molar-refractivity contribution in [3.63, 3.8) is 0 Å². The summed E-state index contributed by atoms with van der Waals surface area (Å²) in [5, 5.41) is 4.03. The van der Waals surface area contributed by atoms with Crippen molar-refractivity contribution in [1.82, 2.24) is 20.2 Å². The molecule has 3 heterocycles. The number of pyridine rings is 1. The predicted octanol–water partition coefficient (Wildman–Crippen LogP) is 2.44. The number of fused-ring (bicyclic) bond motifs is 1. The first kappa shape index (κ1) is 19.4. The summed E-state index contributed by atoms with van der Waals surface area (Å²) in [7, 11) is 2.10. The Bertz CT molecular complexity index is 961. The lowest BCUT2D eigenvalue weighted by molar-refractivity contribution is -0.123. The van der Waals surface area contributed by atoms with Crippen LogP contribution in [-0.4, -0.2) is 53.0 Å². The largest absolute Gasteiger partial charge is 0.457 e. The number of hydrogen-bond donors (Lipinski definition) is 3. The Balaban J connectivity index is 1.33. The van der Waals surface area contributed by atoms with Gasteiger partial charge in [0.15, 0.2) is 0 Å². The number of nitrogens with two attached hydrogens (primary N) is 1. The molecule has 3 aromatic rings. The fraction of sp³-hybridized carbons (Fsp3) is 0.364. The van der Waals surface area contributed by atoms with Crippen LogP contribution in [0.2, 0.25) is 0 Å². The summed E-state index contributed by atoms with van der Waals surface area (Å²) in [6, 6.07) is 11.2. The van der Waals surface area contributed by atoms with Crippen LogP contribution in [0, 0.1) is 0 Å². The number of nitrogens with one attached hydrogen (secondary N) is 2. The maximum Gasteiger partial charge on any atom is 0.237 e. The van der Waals surface area contributed by atoms with E-state index in [1.54, 1.807) is 6.20 Å². The van der Waals surface area contributed by atoms with E-state index in [-0.39, 0.29) is 11.9 Å². The molecule has 1 aliphatic rings. The van der Waals surface area contributed by atoms with E-state index >= 15 is 0 Å². The van der Waals surface area contributed by atoms with E-state index in [0.717, 1.165) is 54.0 Å². The van der Waals surface area contributed by atoms with E-state index in [1.165, 1.54) is 0 Å². The molecule has 1 amide bonds. The summed E-state index contributed by atoms with van der Waals surface area (Å²) in [5.41, 5.74) is 7.94. The Morgan fingerprint density at radius 1 is 1.28 bits per heavy atom. The summed E-state index contributed by atoms with van der Waals surface area (Å²) in [5.74, 6) is 1.40. The first-order valence-electron chi connectivity index (χ1n) is 10.0. The second kappa shape index (κ2) is 8.63. The number of rotatable bonds is 6. The Hall–Kier alpha value is -2.90. The lowest BCUT2D eigenvalue weighted by Gasteiger charge is -2.30. The zero-order chi connectivity index (χ0) is 20.2. The van der Waals surface area contributed by atoms with Crippen LogP contribution in [0.25, 0.3) is 11.0 Å². The summed E-state index contributed by atoms with van der Waals surface area (Å²) >= 11 is 0. The molecule has 2 aromatic heterocycles. The highest BCUT2D eigenvalue weighted by Crippen LogP contribution is 2.28. The predicted molar refractivity (Wildman–Crippen MR) is 113 cm³/mol. The van der Waals surface area contributed by atoms with E-state index in [0.29, 0.717) is 6.42 Å². The number of aromatic nitrogens is 2. The van der Waals surface area contributed by atoms with Crippen molar-refractivity contribution in [1.29, 1.82) is 0 Å². The SMILES string of the molecule is CN1CCC(NC(=O)C(N)Cc2ccc(Oc3ccnc4[nH]ccc34)cc2)CC1. The van der Waals surface area contributed by atoms with E-state index < -0.39 is 6.04 Å². The molecule has 1 atom stereocenters. The number of H-pyrrole nitrogens is 1. The van der Waals surface area contributed by atoms with Gasteiger partial charge in [0, 0.05) is 18.4 Å². The van der Waals surface area contributed by atoms with Crippen LogP contribution < -0.4 is 15.8 Å². The third kappa shape index (κ3) is 4.75. The molecular formula is C22H27N5O2. The highest BCUT2D eigenvalue weighted by Gasteiger charge is 2.21. The summed E-state index contributed by atoms with van der Waals surface area (Å²) in [6.45, 7) is 2.02. The van der Waals surface area contributed by atoms with Gasteiger partial charge in [0.25, 0.3) is 0 Å². The zero-order valence-electron chi connectivity index (χ0n) is 16.6. The van der Waals surface area contributed by atoms with E-state index in [1.807, 2.05) is 42.6 Å². The van der Waals surface area contributed by atoms with Gasteiger partial charge in [-0.15, -0.1) is 0 Å². The average molecular weight is 393 g/mol. The maximum atomic E-state index is 12.4. The second-order valence-corrected chi connectivity index (χ2v) is 7.69. The summed E-state index contributed by atoms with van der Waals surface area (Å²) in [6.07, 6.45) is 6.00. The third-order valence-electron chi connectivity index (χ3n) is 5.43. The number of nitrogens with zero attached hydrogens (tertiary/aromatic N) is 2. The van der Waals surface area contributed by atoms with Crippen LogP contribution >= 0.6 is 0 Å². The lowest BCUT2D eigenvalue weighted by atomic mass is 10.0. The van der Waals surface area contributed by atoms with Gasteiger partial charge in [0.2, 0.25) is 5.91 Å². The molecule has 1 aromatic carbocycles. The number of carbonyl (C=O) groups excluding carboxylic acids is 1. The third-order valence-corrected chi connectivity index (χ3v) is 5.43. The van der Waals surface area contributed by atoms with Crippen LogP contribution in [0.3, 0.4) is 0 Å². The molecule has 4 rings (SSSR count). The number of carbonyl (C=O) groups is 1. The van der Waals surface area contributed by atoms with Crippen molar-refractivity contribution >= 4 is 16.9 Å². The number of aromatic amines is 1. The quantitative estimate of drug-likeness (QED) is 0.598.